The van der Waals surface area contributed by atoms with Gasteiger partial charge in [-0.25, -0.2) is 4.39 Å². The molecule has 0 bridgehead atoms. The Bertz CT molecular complexity index is 1130. The molecule has 2 aliphatic rings. The maximum atomic E-state index is 15.6. The van der Waals surface area contributed by atoms with Gasteiger partial charge in [-0.3, -0.25) is 4.68 Å². The van der Waals surface area contributed by atoms with Crippen molar-refractivity contribution >= 4 is 23.4 Å². The van der Waals surface area contributed by atoms with Crippen LogP contribution in [0.4, 0.5) is 4.39 Å². The SMILES string of the molecule is C=Cc1cccc(-c2c(C3=CC=CCC3)nn(CC3CCC(CCCC(=C)C)CC3)c2SCC)c1F. The molecule has 1 aromatic heterocycles. The Morgan fingerprint density at radius 2 is 2.00 bits per heavy atom. The normalized spacial score (nSPS) is 19.8. The smallest absolute Gasteiger partial charge is 0.138 e. The van der Waals surface area contributed by atoms with E-state index in [-0.39, 0.29) is 5.82 Å². The van der Waals surface area contributed by atoms with Gasteiger partial charge in [0.2, 0.25) is 0 Å². The molecule has 0 saturated heterocycles. The first kappa shape index (κ1) is 26.7. The minimum atomic E-state index is -0.200. The summed E-state index contributed by atoms with van der Waals surface area (Å²) in [5, 5.41) is 6.30. The number of aromatic nitrogens is 2. The van der Waals surface area contributed by atoms with Crippen LogP contribution in [0.15, 0.2) is 60.2 Å². The molecule has 0 N–H and O–H groups in total. The van der Waals surface area contributed by atoms with Crippen LogP contribution in [0.1, 0.15) is 82.9 Å². The van der Waals surface area contributed by atoms with Crippen molar-refractivity contribution in [1.82, 2.24) is 9.78 Å². The number of hydrogen-bond donors (Lipinski definition) is 0. The molecule has 36 heavy (non-hydrogen) atoms. The quantitative estimate of drug-likeness (QED) is 0.224. The van der Waals surface area contributed by atoms with Gasteiger partial charge in [0.05, 0.1) is 5.69 Å². The van der Waals surface area contributed by atoms with E-state index < -0.39 is 0 Å². The first-order valence-corrected chi connectivity index (χ1v) is 14.7. The summed E-state index contributed by atoms with van der Waals surface area (Å²) < 4.78 is 17.8. The van der Waals surface area contributed by atoms with Gasteiger partial charge < -0.3 is 0 Å². The summed E-state index contributed by atoms with van der Waals surface area (Å²) in [6.07, 6.45) is 18.9. The molecule has 4 rings (SSSR count). The Kier molecular flexibility index (Phi) is 9.47. The Morgan fingerprint density at radius 3 is 2.67 bits per heavy atom. The zero-order chi connectivity index (χ0) is 25.5. The number of halogens is 1. The minimum absolute atomic E-state index is 0.200. The van der Waals surface area contributed by atoms with E-state index in [0.29, 0.717) is 17.0 Å². The van der Waals surface area contributed by atoms with Crippen molar-refractivity contribution in [1.29, 1.82) is 0 Å². The highest BCUT2D eigenvalue weighted by Gasteiger charge is 2.28. The summed E-state index contributed by atoms with van der Waals surface area (Å²) in [6, 6.07) is 5.63. The van der Waals surface area contributed by atoms with E-state index in [1.165, 1.54) is 49.7 Å². The van der Waals surface area contributed by atoms with Gasteiger partial charge in [0, 0.05) is 23.2 Å². The molecular formula is C32H41FN2S. The fourth-order valence-electron chi connectivity index (χ4n) is 5.66. The molecule has 4 heteroatoms. The average molecular weight is 505 g/mol. The number of benzene rings is 1. The third-order valence-corrected chi connectivity index (χ3v) is 8.61. The van der Waals surface area contributed by atoms with Crippen molar-refractivity contribution in [3.63, 3.8) is 0 Å². The lowest BCUT2D eigenvalue weighted by Crippen LogP contribution is -2.20. The minimum Gasteiger partial charge on any atom is -0.258 e. The molecule has 1 saturated carbocycles. The zero-order valence-electron chi connectivity index (χ0n) is 22.1. The fraction of sp³-hybridized carbons (Fsp3) is 0.469. The van der Waals surface area contributed by atoms with Crippen molar-refractivity contribution < 1.29 is 4.39 Å². The van der Waals surface area contributed by atoms with Crippen LogP contribution in [0, 0.1) is 17.7 Å². The molecule has 0 aliphatic heterocycles. The summed E-state index contributed by atoms with van der Waals surface area (Å²) in [4.78, 5) is 0. The summed E-state index contributed by atoms with van der Waals surface area (Å²) in [6.45, 7) is 13.1. The van der Waals surface area contributed by atoms with Crippen LogP contribution in [0.3, 0.4) is 0 Å². The maximum absolute atomic E-state index is 15.6. The van der Waals surface area contributed by atoms with Crippen LogP contribution in [0.2, 0.25) is 0 Å². The predicted molar refractivity (Wildman–Crippen MR) is 155 cm³/mol. The van der Waals surface area contributed by atoms with Crippen LogP contribution < -0.4 is 0 Å². The first-order valence-electron chi connectivity index (χ1n) is 13.7. The van der Waals surface area contributed by atoms with E-state index >= 15 is 4.39 Å². The Balaban J connectivity index is 1.63. The largest absolute Gasteiger partial charge is 0.258 e. The molecule has 2 aromatic rings. The van der Waals surface area contributed by atoms with Crippen molar-refractivity contribution in [2.75, 3.05) is 5.75 Å². The number of rotatable bonds is 11. The van der Waals surface area contributed by atoms with E-state index in [1.807, 2.05) is 12.1 Å². The van der Waals surface area contributed by atoms with E-state index in [2.05, 4.69) is 49.9 Å². The third-order valence-electron chi connectivity index (χ3n) is 7.64. The van der Waals surface area contributed by atoms with Crippen molar-refractivity contribution in [3.8, 4) is 11.1 Å². The Labute approximate surface area is 221 Å². The molecule has 0 spiro atoms. The molecule has 0 amide bonds. The predicted octanol–water partition coefficient (Wildman–Crippen LogP) is 9.73. The second kappa shape index (κ2) is 12.8. The number of allylic oxidation sites excluding steroid dienone is 5. The van der Waals surface area contributed by atoms with Gasteiger partial charge in [-0.1, -0.05) is 80.8 Å². The lowest BCUT2D eigenvalue weighted by atomic mass is 9.79. The lowest BCUT2D eigenvalue weighted by molar-refractivity contribution is 0.231. The zero-order valence-corrected chi connectivity index (χ0v) is 22.9. The van der Waals surface area contributed by atoms with Crippen LogP contribution in [-0.2, 0) is 6.54 Å². The second-order valence-corrected chi connectivity index (χ2v) is 11.7. The van der Waals surface area contributed by atoms with Crippen LogP contribution in [-0.4, -0.2) is 15.5 Å². The highest BCUT2D eigenvalue weighted by atomic mass is 32.2. The molecule has 2 aliphatic carbocycles. The molecule has 0 atom stereocenters. The third kappa shape index (κ3) is 6.32. The molecule has 1 aromatic carbocycles. The van der Waals surface area contributed by atoms with Gasteiger partial charge >= 0.3 is 0 Å². The van der Waals surface area contributed by atoms with E-state index in [0.717, 1.165) is 53.8 Å². The van der Waals surface area contributed by atoms with Gasteiger partial charge in [-0.2, -0.15) is 5.10 Å². The van der Waals surface area contributed by atoms with Crippen LogP contribution in [0.5, 0.6) is 0 Å². The van der Waals surface area contributed by atoms with Gasteiger partial charge in [-0.15, -0.1) is 18.3 Å². The average Bonchev–Trinajstić information content (AvgIpc) is 3.23. The van der Waals surface area contributed by atoms with Crippen molar-refractivity contribution in [2.24, 2.45) is 11.8 Å². The first-order chi connectivity index (χ1) is 17.5. The monoisotopic (exact) mass is 504 g/mol. The molecule has 1 fully saturated rings. The van der Waals surface area contributed by atoms with Crippen LogP contribution >= 0.6 is 11.8 Å². The molecule has 192 valence electrons. The van der Waals surface area contributed by atoms with Gasteiger partial charge in [0.15, 0.2) is 0 Å². The topological polar surface area (TPSA) is 17.8 Å². The molecule has 1 heterocycles. The summed E-state index contributed by atoms with van der Waals surface area (Å²) >= 11 is 1.79. The van der Waals surface area contributed by atoms with Crippen molar-refractivity contribution in [3.05, 3.63) is 72.2 Å². The highest BCUT2D eigenvalue weighted by Crippen LogP contribution is 2.42. The number of hydrogen-bond acceptors (Lipinski definition) is 2. The van der Waals surface area contributed by atoms with E-state index in [4.69, 9.17) is 5.10 Å². The van der Waals surface area contributed by atoms with Crippen LogP contribution in [0.25, 0.3) is 22.8 Å². The van der Waals surface area contributed by atoms with Gasteiger partial charge in [-0.05, 0) is 68.6 Å². The fourth-order valence-corrected chi connectivity index (χ4v) is 6.55. The molecule has 0 radical (unpaired) electrons. The van der Waals surface area contributed by atoms with Crippen molar-refractivity contribution in [2.45, 2.75) is 83.2 Å². The summed E-state index contributed by atoms with van der Waals surface area (Å²) in [5.41, 5.74) is 5.59. The number of nitrogens with zero attached hydrogens (tertiary/aromatic N) is 2. The maximum Gasteiger partial charge on any atom is 0.138 e. The standard InChI is InChI=1S/C32H41FN2S/c1-5-26-16-11-17-28(30(26)33)29-31(27-14-8-7-9-15-27)34-35(32(29)36-6-2)22-25-20-18-24(19-21-25)13-10-12-23(3)4/h5,7-8,11,14,16-17,24-25H,1,3,6,9-10,12-13,15,18-22H2,2,4H3. The van der Waals surface area contributed by atoms with Gasteiger partial charge in [0.1, 0.15) is 10.8 Å². The highest BCUT2D eigenvalue weighted by molar-refractivity contribution is 7.99. The Hall–Kier alpha value is -2.33. The lowest BCUT2D eigenvalue weighted by Gasteiger charge is -2.29. The van der Waals surface area contributed by atoms with Gasteiger partial charge in [0.25, 0.3) is 0 Å². The molecule has 0 unspecified atom stereocenters. The summed E-state index contributed by atoms with van der Waals surface area (Å²) in [7, 11) is 0. The Morgan fingerprint density at radius 1 is 1.22 bits per heavy atom. The molecular weight excluding hydrogens is 463 g/mol. The van der Waals surface area contributed by atoms with E-state index in [1.54, 1.807) is 23.9 Å². The molecule has 2 nitrogen and oxygen atoms in total. The number of thioether (sulfide) groups is 1. The second-order valence-electron chi connectivity index (χ2n) is 10.5. The summed E-state index contributed by atoms with van der Waals surface area (Å²) in [5.74, 6) is 2.20. The van der Waals surface area contributed by atoms with E-state index in [9.17, 15) is 0 Å².